The fourth-order valence-electron chi connectivity index (χ4n) is 2.97. The third-order valence-corrected chi connectivity index (χ3v) is 5.36. The molecule has 0 aliphatic carbocycles. The van der Waals surface area contributed by atoms with Gasteiger partial charge in [0.2, 0.25) is 0 Å². The summed E-state index contributed by atoms with van der Waals surface area (Å²) in [5, 5.41) is 8.08. The summed E-state index contributed by atoms with van der Waals surface area (Å²) in [6.07, 6.45) is 4.78. The molecular formula is C20H21ClN6S. The molecule has 0 amide bonds. The first-order chi connectivity index (χ1) is 13.8. The predicted molar refractivity (Wildman–Crippen MR) is 119 cm³/mol. The minimum atomic E-state index is 0.438. The summed E-state index contributed by atoms with van der Waals surface area (Å²) in [5.41, 5.74) is 3.06. The molecule has 0 fully saturated rings. The van der Waals surface area contributed by atoms with E-state index in [1.807, 2.05) is 36.4 Å². The van der Waals surface area contributed by atoms with Crippen molar-refractivity contribution >= 4 is 51.5 Å². The third-order valence-electron chi connectivity index (χ3n) is 4.36. The lowest BCUT2D eigenvalue weighted by Crippen LogP contribution is -2.21. The van der Waals surface area contributed by atoms with Crippen molar-refractivity contribution in [3.05, 3.63) is 59.6 Å². The van der Waals surface area contributed by atoms with Gasteiger partial charge in [-0.3, -0.25) is 0 Å². The summed E-state index contributed by atoms with van der Waals surface area (Å²) in [5.74, 6) is 2.43. The Morgan fingerprint density at radius 2 is 2.07 bits per heavy atom. The van der Waals surface area contributed by atoms with Crippen LogP contribution in [0.1, 0.15) is 12.2 Å². The van der Waals surface area contributed by atoms with Crippen LogP contribution in [0, 0.1) is 0 Å². The molecule has 0 unspecified atom stereocenters. The molecule has 0 saturated carbocycles. The predicted octanol–water partition coefficient (Wildman–Crippen LogP) is 4.23. The van der Waals surface area contributed by atoms with Crippen molar-refractivity contribution < 1.29 is 0 Å². The second-order valence-corrected chi connectivity index (χ2v) is 7.64. The van der Waals surface area contributed by atoms with Gasteiger partial charge in [0, 0.05) is 29.9 Å². The second kappa shape index (κ2) is 9.23. The minimum Gasteiger partial charge on any atom is -0.369 e. The van der Waals surface area contributed by atoms with Gasteiger partial charge in [-0.25, -0.2) is 15.0 Å². The zero-order valence-corrected chi connectivity index (χ0v) is 16.9. The molecule has 1 aliphatic heterocycles. The molecule has 4 rings (SSSR count). The minimum absolute atomic E-state index is 0.438. The van der Waals surface area contributed by atoms with Gasteiger partial charge in [-0.15, -0.1) is 0 Å². The quantitative estimate of drug-likeness (QED) is 0.304. The summed E-state index contributed by atoms with van der Waals surface area (Å²) in [6, 6.07) is 12.0. The number of hydrogen-bond donors (Lipinski definition) is 3. The summed E-state index contributed by atoms with van der Waals surface area (Å²) in [4.78, 5) is 13.7. The summed E-state index contributed by atoms with van der Waals surface area (Å²) in [6.45, 7) is 2.55. The third kappa shape index (κ3) is 4.73. The molecule has 0 spiro atoms. The molecule has 0 saturated heterocycles. The Morgan fingerprint density at radius 3 is 2.89 bits per heavy atom. The van der Waals surface area contributed by atoms with Gasteiger partial charge < -0.3 is 15.4 Å². The highest BCUT2D eigenvalue weighted by molar-refractivity contribution is 8.00. The number of para-hydroxylation sites is 1. The van der Waals surface area contributed by atoms with Crippen molar-refractivity contribution in [3.8, 4) is 0 Å². The monoisotopic (exact) mass is 412 g/mol. The van der Waals surface area contributed by atoms with Gasteiger partial charge in [-0.05, 0) is 36.7 Å². The highest BCUT2D eigenvalue weighted by Gasteiger charge is 2.13. The van der Waals surface area contributed by atoms with Gasteiger partial charge in [0.05, 0.1) is 11.7 Å². The van der Waals surface area contributed by atoms with Crippen LogP contribution >= 0.6 is 23.5 Å². The normalized spacial score (nSPS) is 14.0. The summed E-state index contributed by atoms with van der Waals surface area (Å²) >= 11 is 7.75. The Morgan fingerprint density at radius 1 is 1.18 bits per heavy atom. The lowest BCUT2D eigenvalue weighted by molar-refractivity contribution is 0.734. The Kier molecular flexibility index (Phi) is 6.26. The van der Waals surface area contributed by atoms with Gasteiger partial charge in [0.15, 0.2) is 5.82 Å². The number of anilines is 2. The number of benzene rings is 1. The molecule has 28 heavy (non-hydrogen) atoms. The van der Waals surface area contributed by atoms with Crippen LogP contribution in [0.15, 0.2) is 48.7 Å². The van der Waals surface area contributed by atoms with E-state index in [2.05, 4.69) is 26.4 Å². The van der Waals surface area contributed by atoms with Crippen LogP contribution in [0.2, 0.25) is 5.15 Å². The van der Waals surface area contributed by atoms with E-state index in [-0.39, 0.29) is 0 Å². The van der Waals surface area contributed by atoms with Crippen molar-refractivity contribution in [2.24, 2.45) is 0 Å². The van der Waals surface area contributed by atoms with Crippen molar-refractivity contribution in [1.82, 2.24) is 20.3 Å². The van der Waals surface area contributed by atoms with E-state index in [0.29, 0.717) is 5.15 Å². The molecule has 3 heterocycles. The molecule has 8 heteroatoms. The van der Waals surface area contributed by atoms with Gasteiger partial charge in [0.1, 0.15) is 11.0 Å². The van der Waals surface area contributed by atoms with E-state index >= 15 is 0 Å². The van der Waals surface area contributed by atoms with E-state index in [1.54, 1.807) is 18.1 Å². The number of nitrogens with one attached hydrogen (secondary N) is 3. The Hall–Kier alpha value is -2.35. The number of fused-ring (bicyclic) bond motifs is 1. The first-order valence-corrected chi connectivity index (χ1v) is 10.6. The molecule has 3 N–H and O–H groups in total. The standard InChI is InChI=1S/C20H21ClN6S/c21-18-12-16-17(13-24-18)25-19(14-6-8-22-9-7-14)26-20(16)23-10-11-28-27-15-4-2-1-3-5-15/h1-6,12-13,22,27H,7-11H2,(H,23,25,26). The second-order valence-electron chi connectivity index (χ2n) is 6.35. The number of rotatable bonds is 7. The number of halogens is 1. The van der Waals surface area contributed by atoms with Crippen LogP contribution < -0.4 is 15.4 Å². The lowest BCUT2D eigenvalue weighted by Gasteiger charge is -2.15. The largest absolute Gasteiger partial charge is 0.369 e. The van der Waals surface area contributed by atoms with E-state index in [4.69, 9.17) is 21.6 Å². The average molecular weight is 413 g/mol. The molecule has 0 atom stereocenters. The van der Waals surface area contributed by atoms with Crippen molar-refractivity contribution in [2.45, 2.75) is 6.42 Å². The maximum absolute atomic E-state index is 6.10. The Bertz CT molecular complexity index is 979. The molecule has 0 bridgehead atoms. The molecule has 1 aromatic carbocycles. The van der Waals surface area contributed by atoms with Crippen molar-refractivity contribution in [2.75, 3.05) is 35.4 Å². The van der Waals surface area contributed by atoms with Crippen LogP contribution in [0.25, 0.3) is 16.5 Å². The van der Waals surface area contributed by atoms with Gasteiger partial charge in [-0.1, -0.05) is 47.8 Å². The van der Waals surface area contributed by atoms with Crippen LogP contribution in [0.5, 0.6) is 0 Å². The Labute approximate surface area is 173 Å². The molecule has 3 aromatic rings. The van der Waals surface area contributed by atoms with E-state index in [9.17, 15) is 0 Å². The van der Waals surface area contributed by atoms with Crippen LogP contribution in [-0.2, 0) is 0 Å². The van der Waals surface area contributed by atoms with Crippen LogP contribution in [0.4, 0.5) is 11.5 Å². The zero-order valence-electron chi connectivity index (χ0n) is 15.3. The number of hydrogen-bond acceptors (Lipinski definition) is 7. The van der Waals surface area contributed by atoms with Gasteiger partial charge in [-0.2, -0.15) is 0 Å². The molecule has 2 aromatic heterocycles. The fraction of sp³-hybridized carbons (Fsp3) is 0.250. The first-order valence-electron chi connectivity index (χ1n) is 9.20. The number of aromatic nitrogens is 3. The lowest BCUT2D eigenvalue weighted by atomic mass is 10.1. The number of nitrogens with zero attached hydrogens (tertiary/aromatic N) is 3. The van der Waals surface area contributed by atoms with E-state index in [0.717, 1.165) is 60.0 Å². The maximum Gasteiger partial charge on any atom is 0.157 e. The molecule has 6 nitrogen and oxygen atoms in total. The van der Waals surface area contributed by atoms with Crippen LogP contribution in [-0.4, -0.2) is 40.3 Å². The first kappa shape index (κ1) is 19.0. The zero-order chi connectivity index (χ0) is 19.2. The molecule has 1 aliphatic rings. The highest BCUT2D eigenvalue weighted by Crippen LogP contribution is 2.26. The van der Waals surface area contributed by atoms with E-state index in [1.165, 1.54) is 5.57 Å². The summed E-state index contributed by atoms with van der Waals surface area (Å²) in [7, 11) is 0. The average Bonchev–Trinajstić information content (AvgIpc) is 2.75. The van der Waals surface area contributed by atoms with Crippen molar-refractivity contribution in [3.63, 3.8) is 0 Å². The number of pyridine rings is 1. The smallest absolute Gasteiger partial charge is 0.157 e. The Balaban J connectivity index is 1.48. The summed E-state index contributed by atoms with van der Waals surface area (Å²) < 4.78 is 3.34. The highest BCUT2D eigenvalue weighted by atomic mass is 35.5. The fourth-order valence-corrected chi connectivity index (χ4v) is 3.74. The van der Waals surface area contributed by atoms with Gasteiger partial charge >= 0.3 is 0 Å². The molecular weight excluding hydrogens is 392 g/mol. The molecule has 144 valence electrons. The van der Waals surface area contributed by atoms with Gasteiger partial charge in [0.25, 0.3) is 0 Å². The maximum atomic E-state index is 6.10. The van der Waals surface area contributed by atoms with Crippen molar-refractivity contribution in [1.29, 1.82) is 0 Å². The van der Waals surface area contributed by atoms with Crippen LogP contribution in [0.3, 0.4) is 0 Å². The SMILES string of the molecule is Clc1cc2c(NCCSNc3ccccc3)nc(C3=CCNCC3)nc2cn1. The topological polar surface area (TPSA) is 74.8 Å². The van der Waals surface area contributed by atoms with E-state index < -0.39 is 0 Å². The molecule has 0 radical (unpaired) electrons.